The van der Waals surface area contributed by atoms with Gasteiger partial charge in [0, 0.05) is 10.6 Å². The maximum absolute atomic E-state index is 6.09. The highest BCUT2D eigenvalue weighted by atomic mass is 35.5. The Bertz CT molecular complexity index is 444. The van der Waals surface area contributed by atoms with Crippen LogP contribution in [0.3, 0.4) is 0 Å². The highest BCUT2D eigenvalue weighted by molar-refractivity contribution is 6.48. The minimum Gasteiger partial charge on any atom is -0.550 e. The van der Waals surface area contributed by atoms with Gasteiger partial charge in [0.1, 0.15) is 0 Å². The Morgan fingerprint density at radius 2 is 1.83 bits per heavy atom. The summed E-state index contributed by atoms with van der Waals surface area (Å²) in [5, 5.41) is 0.767. The Balaban J connectivity index is 3.31. The van der Waals surface area contributed by atoms with Crippen molar-refractivity contribution in [3.05, 3.63) is 40.6 Å². The fourth-order valence-corrected chi connectivity index (χ4v) is 3.24. The van der Waals surface area contributed by atoms with Crippen molar-refractivity contribution in [2.45, 2.75) is 40.8 Å². The van der Waals surface area contributed by atoms with Crippen molar-refractivity contribution in [2.24, 2.45) is 5.41 Å². The van der Waals surface area contributed by atoms with Crippen LogP contribution in [0, 0.1) is 5.41 Å². The van der Waals surface area contributed by atoms with E-state index in [1.54, 1.807) is 0 Å². The molecule has 0 aliphatic carbocycles. The van der Waals surface area contributed by atoms with Crippen molar-refractivity contribution in [1.82, 2.24) is 0 Å². The predicted molar refractivity (Wildman–Crippen MR) is 83.5 cm³/mol. The molecule has 0 N–H and O–H groups in total. The first-order valence-corrected chi connectivity index (χ1v) is 9.51. The molecule has 1 nitrogen and oxygen atoms in total. The molecule has 0 heterocycles. The molecule has 1 aromatic carbocycles. The first-order chi connectivity index (χ1) is 8.21. The third-order valence-corrected chi connectivity index (χ3v) is 3.69. The van der Waals surface area contributed by atoms with Crippen molar-refractivity contribution < 1.29 is 4.43 Å². The Hall–Kier alpha value is -0.733. The molecule has 100 valence electrons. The molecule has 0 bridgehead atoms. The third kappa shape index (κ3) is 4.18. The number of benzene rings is 1. The fraction of sp³-hybridized carbons (Fsp3) is 0.467. The zero-order valence-electron chi connectivity index (χ0n) is 12.2. The molecule has 0 aliphatic rings. The zero-order chi connectivity index (χ0) is 13.9. The molecule has 1 rings (SSSR count). The molecule has 0 aliphatic heterocycles. The monoisotopic (exact) mass is 282 g/mol. The van der Waals surface area contributed by atoms with E-state index in [-0.39, 0.29) is 5.41 Å². The van der Waals surface area contributed by atoms with E-state index in [4.69, 9.17) is 16.0 Å². The lowest BCUT2D eigenvalue weighted by Crippen LogP contribution is -2.15. The summed E-state index contributed by atoms with van der Waals surface area (Å²) in [5.74, 6) is 1.03. The highest BCUT2D eigenvalue weighted by Crippen LogP contribution is 2.37. The Labute approximate surface area is 118 Å². The van der Waals surface area contributed by atoms with E-state index in [2.05, 4.69) is 46.9 Å². The molecule has 0 spiro atoms. The molecule has 0 amide bonds. The molecule has 0 saturated carbocycles. The number of hydrogen-bond acceptors (Lipinski definition) is 1. The van der Waals surface area contributed by atoms with Crippen molar-refractivity contribution in [2.75, 3.05) is 0 Å². The number of hydrogen-bond donors (Lipinski definition) is 0. The van der Waals surface area contributed by atoms with Gasteiger partial charge in [-0.25, -0.2) is 0 Å². The summed E-state index contributed by atoms with van der Waals surface area (Å²) in [4.78, 5) is 0. The number of allylic oxidation sites excluding steroid dienone is 2. The Kier molecular flexibility index (Phi) is 5.06. The molecule has 0 atom stereocenters. The SMILES string of the molecule is C/C(O[SiH](C)C)=C(/c1cccc(Cl)c1)C(C)(C)C. The number of rotatable bonds is 3. The molecule has 3 heteroatoms. The summed E-state index contributed by atoms with van der Waals surface area (Å²) in [6, 6.07) is 8.00. The smallest absolute Gasteiger partial charge is 0.229 e. The second-order valence-corrected chi connectivity index (χ2v) is 8.63. The summed E-state index contributed by atoms with van der Waals surface area (Å²) in [6.45, 7) is 13.0. The van der Waals surface area contributed by atoms with Crippen LogP contribution in [0.5, 0.6) is 0 Å². The van der Waals surface area contributed by atoms with Crippen LogP contribution in [0.2, 0.25) is 18.1 Å². The van der Waals surface area contributed by atoms with Crippen molar-refractivity contribution in [3.63, 3.8) is 0 Å². The lowest BCUT2D eigenvalue weighted by Gasteiger charge is -2.27. The number of halogens is 1. The van der Waals surface area contributed by atoms with Gasteiger partial charge in [-0.15, -0.1) is 0 Å². The van der Waals surface area contributed by atoms with Gasteiger partial charge in [-0.3, -0.25) is 0 Å². The maximum Gasteiger partial charge on any atom is 0.229 e. The zero-order valence-corrected chi connectivity index (χ0v) is 14.1. The van der Waals surface area contributed by atoms with Crippen LogP contribution in [0.15, 0.2) is 30.0 Å². The minimum absolute atomic E-state index is 0.0397. The normalized spacial score (nSPS) is 13.6. The summed E-state index contributed by atoms with van der Waals surface area (Å²) in [7, 11) is -1.08. The predicted octanol–water partition coefficient (Wildman–Crippen LogP) is 5.12. The van der Waals surface area contributed by atoms with E-state index in [1.807, 2.05) is 18.2 Å². The summed E-state index contributed by atoms with van der Waals surface area (Å²) in [6.07, 6.45) is 0. The van der Waals surface area contributed by atoms with Crippen LogP contribution in [-0.4, -0.2) is 9.04 Å². The van der Waals surface area contributed by atoms with Crippen LogP contribution < -0.4 is 0 Å². The van der Waals surface area contributed by atoms with Crippen LogP contribution in [0.1, 0.15) is 33.3 Å². The topological polar surface area (TPSA) is 9.23 Å². The first-order valence-electron chi connectivity index (χ1n) is 6.35. The van der Waals surface area contributed by atoms with Gasteiger partial charge in [-0.1, -0.05) is 44.5 Å². The van der Waals surface area contributed by atoms with Crippen molar-refractivity contribution >= 4 is 26.2 Å². The van der Waals surface area contributed by atoms with E-state index in [0.29, 0.717) is 0 Å². The molecule has 0 radical (unpaired) electrons. The summed E-state index contributed by atoms with van der Waals surface area (Å²) in [5.41, 5.74) is 2.44. The van der Waals surface area contributed by atoms with E-state index in [9.17, 15) is 0 Å². The van der Waals surface area contributed by atoms with Gasteiger partial charge in [0.15, 0.2) is 0 Å². The van der Waals surface area contributed by atoms with E-state index in [0.717, 1.165) is 16.3 Å². The molecule has 0 aromatic heterocycles. The van der Waals surface area contributed by atoms with Gasteiger partial charge >= 0.3 is 0 Å². The molecular formula is C15H23ClOSi. The average molecular weight is 283 g/mol. The minimum atomic E-state index is -1.08. The Morgan fingerprint density at radius 3 is 2.28 bits per heavy atom. The first kappa shape index (κ1) is 15.3. The standard InChI is InChI=1S/C15H23ClOSi/c1-11(17-18(5)6)14(15(2,3)4)12-8-7-9-13(16)10-12/h7-10,18H,1-6H3/b14-11+. The van der Waals surface area contributed by atoms with Crippen LogP contribution >= 0.6 is 11.6 Å². The Morgan fingerprint density at radius 1 is 1.22 bits per heavy atom. The van der Waals surface area contributed by atoms with E-state index in [1.165, 1.54) is 5.57 Å². The summed E-state index contributed by atoms with van der Waals surface area (Å²) >= 11 is 6.09. The van der Waals surface area contributed by atoms with Gasteiger partial charge in [0.2, 0.25) is 9.04 Å². The quantitative estimate of drug-likeness (QED) is 0.552. The second kappa shape index (κ2) is 5.94. The molecule has 18 heavy (non-hydrogen) atoms. The lowest BCUT2D eigenvalue weighted by atomic mass is 9.81. The molecular weight excluding hydrogens is 260 g/mol. The largest absolute Gasteiger partial charge is 0.550 e. The van der Waals surface area contributed by atoms with E-state index < -0.39 is 9.04 Å². The van der Waals surface area contributed by atoms with Crippen LogP contribution in [0.25, 0.3) is 5.57 Å². The highest BCUT2D eigenvalue weighted by Gasteiger charge is 2.22. The van der Waals surface area contributed by atoms with Crippen LogP contribution in [0.4, 0.5) is 0 Å². The maximum atomic E-state index is 6.09. The summed E-state index contributed by atoms with van der Waals surface area (Å²) < 4.78 is 6.01. The lowest BCUT2D eigenvalue weighted by molar-refractivity contribution is 0.428. The second-order valence-electron chi connectivity index (χ2n) is 5.86. The van der Waals surface area contributed by atoms with Gasteiger partial charge < -0.3 is 4.43 Å². The van der Waals surface area contributed by atoms with Crippen molar-refractivity contribution in [3.8, 4) is 0 Å². The fourth-order valence-electron chi connectivity index (χ4n) is 2.22. The van der Waals surface area contributed by atoms with Crippen molar-refractivity contribution in [1.29, 1.82) is 0 Å². The van der Waals surface area contributed by atoms with Gasteiger partial charge in [0.25, 0.3) is 0 Å². The van der Waals surface area contributed by atoms with Gasteiger partial charge in [-0.05, 0) is 43.1 Å². The van der Waals surface area contributed by atoms with Gasteiger partial charge in [0.05, 0.1) is 5.76 Å². The van der Waals surface area contributed by atoms with Crippen LogP contribution in [-0.2, 0) is 4.43 Å². The molecule has 1 aromatic rings. The van der Waals surface area contributed by atoms with E-state index >= 15 is 0 Å². The average Bonchev–Trinajstić information content (AvgIpc) is 2.13. The molecule has 0 saturated heterocycles. The molecule has 0 unspecified atom stereocenters. The third-order valence-electron chi connectivity index (χ3n) is 2.63. The molecule has 0 fully saturated rings. The van der Waals surface area contributed by atoms with Gasteiger partial charge in [-0.2, -0.15) is 0 Å².